The molecule has 4 aromatic rings. The van der Waals surface area contributed by atoms with E-state index >= 15 is 0 Å². The van der Waals surface area contributed by atoms with Gasteiger partial charge in [0.15, 0.2) is 11.2 Å². The van der Waals surface area contributed by atoms with Crippen LogP contribution in [0.15, 0.2) is 34.0 Å². The molecule has 140 valence electrons. The van der Waals surface area contributed by atoms with Gasteiger partial charge in [0.05, 0.1) is 12.8 Å². The summed E-state index contributed by atoms with van der Waals surface area (Å²) in [6.07, 6.45) is 1.86. The Morgan fingerprint density at radius 2 is 1.93 bits per heavy atom. The van der Waals surface area contributed by atoms with Gasteiger partial charge >= 0.3 is 5.69 Å². The highest BCUT2D eigenvalue weighted by atomic mass is 16.5. The fourth-order valence-corrected chi connectivity index (χ4v) is 3.56. The minimum atomic E-state index is -0.368. The average Bonchev–Trinajstić information content (AvgIpc) is 3.15. The lowest BCUT2D eigenvalue weighted by Crippen LogP contribution is -2.38. The quantitative estimate of drug-likeness (QED) is 0.553. The van der Waals surface area contributed by atoms with Gasteiger partial charge in [0.25, 0.3) is 5.56 Å². The van der Waals surface area contributed by atoms with E-state index in [1.807, 2.05) is 42.8 Å². The summed E-state index contributed by atoms with van der Waals surface area (Å²) < 4.78 is 11.8. The van der Waals surface area contributed by atoms with Crippen molar-refractivity contribution in [2.75, 3.05) is 7.11 Å². The van der Waals surface area contributed by atoms with Crippen LogP contribution in [0.4, 0.5) is 0 Å². The highest BCUT2D eigenvalue weighted by molar-refractivity contribution is 5.76. The van der Waals surface area contributed by atoms with Crippen LogP contribution < -0.4 is 16.0 Å². The van der Waals surface area contributed by atoms with Crippen molar-refractivity contribution in [2.24, 2.45) is 7.05 Å². The van der Waals surface area contributed by atoms with Gasteiger partial charge in [-0.2, -0.15) is 4.98 Å². The first-order valence-electron chi connectivity index (χ1n) is 8.74. The second-order valence-corrected chi connectivity index (χ2v) is 6.63. The van der Waals surface area contributed by atoms with Crippen molar-refractivity contribution in [3.05, 3.63) is 56.5 Å². The highest BCUT2D eigenvalue weighted by Gasteiger charge is 2.21. The van der Waals surface area contributed by atoms with Crippen LogP contribution >= 0.6 is 0 Å². The molecule has 8 heteroatoms. The van der Waals surface area contributed by atoms with Crippen LogP contribution in [0, 0.1) is 13.8 Å². The Hall–Kier alpha value is -3.29. The highest BCUT2D eigenvalue weighted by Crippen LogP contribution is 2.28. The fourth-order valence-electron chi connectivity index (χ4n) is 3.56. The van der Waals surface area contributed by atoms with Crippen LogP contribution in [0.25, 0.3) is 22.6 Å². The molecule has 4 rings (SSSR count). The number of hydrogen-bond donors (Lipinski definition) is 0. The van der Waals surface area contributed by atoms with Gasteiger partial charge in [0.1, 0.15) is 5.75 Å². The van der Waals surface area contributed by atoms with Crippen molar-refractivity contribution in [2.45, 2.75) is 27.3 Å². The van der Waals surface area contributed by atoms with Crippen molar-refractivity contribution < 1.29 is 4.74 Å². The molecule has 3 heterocycles. The van der Waals surface area contributed by atoms with Gasteiger partial charge in [-0.3, -0.25) is 22.9 Å². The third-order valence-electron chi connectivity index (χ3n) is 4.92. The van der Waals surface area contributed by atoms with Crippen LogP contribution in [0.1, 0.15) is 18.2 Å². The molecule has 0 radical (unpaired) electrons. The Labute approximate surface area is 154 Å². The Morgan fingerprint density at radius 3 is 2.59 bits per heavy atom. The normalized spacial score (nSPS) is 11.6. The Morgan fingerprint density at radius 1 is 1.19 bits per heavy atom. The maximum Gasteiger partial charge on any atom is 0.332 e. The minimum absolute atomic E-state index is 0.306. The predicted molar refractivity (Wildman–Crippen MR) is 103 cm³/mol. The minimum Gasteiger partial charge on any atom is -0.495 e. The molecule has 0 aliphatic rings. The average molecular weight is 367 g/mol. The number of benzene rings is 1. The maximum atomic E-state index is 12.9. The van der Waals surface area contributed by atoms with Crippen LogP contribution in [-0.2, 0) is 13.6 Å². The zero-order valence-electron chi connectivity index (χ0n) is 16.0. The fraction of sp³-hybridized carbons (Fsp3) is 0.316. The molecule has 27 heavy (non-hydrogen) atoms. The molecule has 0 aliphatic heterocycles. The molecule has 3 aromatic heterocycles. The summed E-state index contributed by atoms with van der Waals surface area (Å²) in [7, 11) is 3.25. The summed E-state index contributed by atoms with van der Waals surface area (Å²) >= 11 is 0. The van der Waals surface area contributed by atoms with Crippen molar-refractivity contribution in [1.29, 1.82) is 0 Å². The number of fused-ring (bicyclic) bond motifs is 3. The van der Waals surface area contributed by atoms with Crippen LogP contribution in [0.2, 0.25) is 0 Å². The lowest BCUT2D eigenvalue weighted by Gasteiger charge is -2.12. The van der Waals surface area contributed by atoms with Crippen LogP contribution in [-0.4, -0.2) is 30.2 Å². The Balaban J connectivity index is 2.19. The molecule has 1 aromatic carbocycles. The number of nitrogens with zero attached hydrogens (tertiary/aromatic N) is 5. The van der Waals surface area contributed by atoms with Gasteiger partial charge in [-0.15, -0.1) is 0 Å². The van der Waals surface area contributed by atoms with Crippen molar-refractivity contribution in [1.82, 2.24) is 23.1 Å². The number of aryl methyl sites for hydroxylation is 3. The van der Waals surface area contributed by atoms with E-state index in [9.17, 15) is 9.59 Å². The van der Waals surface area contributed by atoms with E-state index in [2.05, 4.69) is 4.98 Å². The van der Waals surface area contributed by atoms with Gasteiger partial charge in [0, 0.05) is 25.5 Å². The van der Waals surface area contributed by atoms with Crippen molar-refractivity contribution in [3.8, 4) is 11.4 Å². The first-order valence-corrected chi connectivity index (χ1v) is 8.74. The number of rotatable bonds is 3. The zero-order valence-corrected chi connectivity index (χ0v) is 16.0. The number of hydrogen-bond acceptors (Lipinski definition) is 4. The Kier molecular flexibility index (Phi) is 3.73. The van der Waals surface area contributed by atoms with Gasteiger partial charge in [-0.25, -0.2) is 4.79 Å². The van der Waals surface area contributed by atoms with Gasteiger partial charge < -0.3 is 4.74 Å². The molecule has 0 spiro atoms. The molecular weight excluding hydrogens is 346 g/mol. The van der Waals surface area contributed by atoms with E-state index < -0.39 is 0 Å². The second kappa shape index (κ2) is 5.87. The summed E-state index contributed by atoms with van der Waals surface area (Å²) in [5, 5.41) is 0. The van der Waals surface area contributed by atoms with E-state index in [1.54, 1.807) is 25.5 Å². The molecule has 0 aliphatic carbocycles. The lowest BCUT2D eigenvalue weighted by molar-refractivity contribution is 0.413. The SMILES string of the molecule is CCn1c(=O)c2c(nc3n(-c4cc(C)ccc4OC)c(C)cn23)n(C)c1=O. The summed E-state index contributed by atoms with van der Waals surface area (Å²) in [6.45, 7) is 6.04. The van der Waals surface area contributed by atoms with Gasteiger partial charge in [-0.05, 0) is 38.5 Å². The first-order chi connectivity index (χ1) is 12.9. The molecule has 0 saturated heterocycles. The monoisotopic (exact) mass is 367 g/mol. The number of methoxy groups -OCH3 is 1. The maximum absolute atomic E-state index is 12.9. The summed E-state index contributed by atoms with van der Waals surface area (Å²) in [5.41, 5.74) is 2.87. The summed E-state index contributed by atoms with van der Waals surface area (Å²) in [6, 6.07) is 5.89. The lowest BCUT2D eigenvalue weighted by atomic mass is 10.2. The van der Waals surface area contributed by atoms with Crippen LogP contribution in [0.5, 0.6) is 5.75 Å². The third kappa shape index (κ3) is 2.26. The number of ether oxygens (including phenoxy) is 1. The second-order valence-electron chi connectivity index (χ2n) is 6.63. The predicted octanol–water partition coefficient (Wildman–Crippen LogP) is 1.78. The molecule has 0 atom stereocenters. The molecule has 0 fully saturated rings. The molecular formula is C19H21N5O3. The molecule has 0 saturated carbocycles. The third-order valence-corrected chi connectivity index (χ3v) is 4.92. The van der Waals surface area contributed by atoms with E-state index in [-0.39, 0.29) is 11.2 Å². The molecule has 0 amide bonds. The standard InChI is InChI=1S/C19H21N5O3/c1-6-22-17(25)15-16(21(4)19(22)26)20-18-23(15)10-12(3)24(18)13-9-11(2)7-8-14(13)27-5/h7-10H,6H2,1-5H3. The molecule has 0 unspecified atom stereocenters. The molecule has 0 bridgehead atoms. The van der Waals surface area contributed by atoms with E-state index in [0.717, 1.165) is 16.9 Å². The summed E-state index contributed by atoms with van der Waals surface area (Å²) in [4.78, 5) is 30.0. The van der Waals surface area contributed by atoms with Crippen molar-refractivity contribution >= 4 is 16.9 Å². The van der Waals surface area contributed by atoms with Crippen molar-refractivity contribution in [3.63, 3.8) is 0 Å². The molecule has 0 N–H and O–H groups in total. The van der Waals surface area contributed by atoms with Crippen LogP contribution in [0.3, 0.4) is 0 Å². The van der Waals surface area contributed by atoms with Gasteiger partial charge in [-0.1, -0.05) is 6.07 Å². The number of aromatic nitrogens is 5. The molecule has 8 nitrogen and oxygen atoms in total. The van der Waals surface area contributed by atoms with E-state index in [0.29, 0.717) is 29.2 Å². The largest absolute Gasteiger partial charge is 0.495 e. The summed E-state index contributed by atoms with van der Waals surface area (Å²) in [5.74, 6) is 1.26. The zero-order chi connectivity index (χ0) is 19.5. The van der Waals surface area contributed by atoms with E-state index in [4.69, 9.17) is 4.74 Å². The van der Waals surface area contributed by atoms with E-state index in [1.165, 1.54) is 9.13 Å². The number of imidazole rings is 2. The first kappa shape index (κ1) is 17.1. The Bertz CT molecular complexity index is 1320. The topological polar surface area (TPSA) is 75.5 Å². The van der Waals surface area contributed by atoms with Gasteiger partial charge in [0.2, 0.25) is 5.78 Å². The smallest absolute Gasteiger partial charge is 0.332 e.